The first kappa shape index (κ1) is 16.5. The Balaban J connectivity index is 1.81. The van der Waals surface area contributed by atoms with Crippen LogP contribution < -0.4 is 10.2 Å². The van der Waals surface area contributed by atoms with Crippen molar-refractivity contribution in [3.63, 3.8) is 0 Å². The molecule has 2 aromatic carbocycles. The predicted octanol–water partition coefficient (Wildman–Crippen LogP) is 3.18. The van der Waals surface area contributed by atoms with Crippen molar-refractivity contribution in [2.75, 3.05) is 0 Å². The number of rotatable bonds is 6. The van der Waals surface area contributed by atoms with Gasteiger partial charge in [-0.1, -0.05) is 35.6 Å². The molecule has 0 aliphatic carbocycles. The van der Waals surface area contributed by atoms with E-state index in [0.717, 1.165) is 22.5 Å². The third-order valence-electron chi connectivity index (χ3n) is 3.56. The van der Waals surface area contributed by atoms with Crippen molar-refractivity contribution in [2.24, 2.45) is 0 Å². The molecule has 3 aromatic rings. The van der Waals surface area contributed by atoms with Crippen LogP contribution in [0.2, 0.25) is 0 Å². The van der Waals surface area contributed by atoms with E-state index in [1.807, 2.05) is 12.1 Å². The number of halogens is 2. The van der Waals surface area contributed by atoms with Gasteiger partial charge in [-0.15, -0.1) is 0 Å². The fourth-order valence-electron chi connectivity index (χ4n) is 2.48. The molecule has 0 aliphatic rings. The molecular formula is C17H15F2N3OS. The molecule has 3 rings (SSSR count). The van der Waals surface area contributed by atoms with Crippen molar-refractivity contribution in [1.29, 1.82) is 0 Å². The molecule has 1 atom stereocenters. The van der Waals surface area contributed by atoms with Gasteiger partial charge in [0.25, 0.3) is 0 Å². The minimum Gasteiger partial charge on any atom is -0.303 e. The molecule has 0 spiro atoms. The summed E-state index contributed by atoms with van der Waals surface area (Å²) in [5, 5.41) is 10.1. The summed E-state index contributed by atoms with van der Waals surface area (Å²) in [4.78, 5) is 10.9. The van der Waals surface area contributed by atoms with Crippen LogP contribution in [0.15, 0.2) is 53.3 Å². The topological polar surface area (TPSA) is 57.8 Å². The Bertz CT molecular complexity index is 878. The van der Waals surface area contributed by atoms with Crippen LogP contribution in [0.4, 0.5) is 8.78 Å². The van der Waals surface area contributed by atoms with E-state index in [2.05, 4.69) is 15.5 Å². The van der Waals surface area contributed by atoms with E-state index in [-0.39, 0.29) is 22.5 Å². The number of hydrogen-bond donors (Lipinski definition) is 2. The van der Waals surface area contributed by atoms with Gasteiger partial charge in [0, 0.05) is 6.04 Å². The fourth-order valence-corrected chi connectivity index (χ4v) is 3.03. The summed E-state index contributed by atoms with van der Waals surface area (Å²) in [6, 6.07) is 12.4. The Morgan fingerprint density at radius 1 is 1.12 bits per heavy atom. The van der Waals surface area contributed by atoms with Crippen molar-refractivity contribution in [3.05, 3.63) is 86.0 Å². The molecule has 0 amide bonds. The predicted molar refractivity (Wildman–Crippen MR) is 88.8 cm³/mol. The van der Waals surface area contributed by atoms with Gasteiger partial charge in [-0.25, -0.2) is 13.9 Å². The average Bonchev–Trinajstić information content (AvgIpc) is 2.97. The van der Waals surface area contributed by atoms with Gasteiger partial charge in [0.15, 0.2) is 0 Å². The van der Waals surface area contributed by atoms with Gasteiger partial charge < -0.3 is 5.32 Å². The lowest BCUT2D eigenvalue weighted by molar-refractivity contribution is 0.520. The van der Waals surface area contributed by atoms with Gasteiger partial charge in [-0.05, 0) is 41.8 Å². The molecule has 24 heavy (non-hydrogen) atoms. The lowest BCUT2D eigenvalue weighted by Gasteiger charge is -2.19. The van der Waals surface area contributed by atoms with E-state index >= 15 is 0 Å². The Hall–Kier alpha value is -2.38. The summed E-state index contributed by atoms with van der Waals surface area (Å²) >= 11 is 1.02. The number of nitrogens with zero attached hydrogens (tertiary/aromatic N) is 1. The van der Waals surface area contributed by atoms with E-state index in [0.29, 0.717) is 18.0 Å². The Morgan fingerprint density at radius 3 is 2.54 bits per heavy atom. The molecule has 0 saturated carbocycles. The minimum absolute atomic E-state index is 0.223. The first-order valence-electron chi connectivity index (χ1n) is 7.38. The molecule has 0 unspecified atom stereocenters. The maximum atomic E-state index is 13.6. The van der Waals surface area contributed by atoms with Gasteiger partial charge in [0.2, 0.25) is 0 Å². The van der Waals surface area contributed by atoms with E-state index in [9.17, 15) is 13.6 Å². The maximum absolute atomic E-state index is 13.6. The van der Waals surface area contributed by atoms with Crippen molar-refractivity contribution >= 4 is 11.3 Å². The zero-order chi connectivity index (χ0) is 16.9. The first-order valence-corrected chi connectivity index (χ1v) is 8.19. The van der Waals surface area contributed by atoms with E-state index in [1.54, 1.807) is 12.1 Å². The molecule has 0 saturated heterocycles. The van der Waals surface area contributed by atoms with Crippen molar-refractivity contribution < 1.29 is 8.78 Å². The number of benzene rings is 2. The fraction of sp³-hybridized carbons (Fsp3) is 0.176. The summed E-state index contributed by atoms with van der Waals surface area (Å²) in [5.74, 6) is -0.640. The van der Waals surface area contributed by atoms with Crippen LogP contribution in [-0.4, -0.2) is 10.2 Å². The molecular weight excluding hydrogens is 332 g/mol. The van der Waals surface area contributed by atoms with Crippen LogP contribution in [0.5, 0.6) is 0 Å². The highest BCUT2D eigenvalue weighted by Crippen LogP contribution is 2.20. The zero-order valence-electron chi connectivity index (χ0n) is 12.6. The highest BCUT2D eigenvalue weighted by Gasteiger charge is 2.14. The summed E-state index contributed by atoms with van der Waals surface area (Å²) in [6.45, 7) is 0.361. The van der Waals surface area contributed by atoms with Crippen LogP contribution in [0.3, 0.4) is 0 Å². The van der Waals surface area contributed by atoms with Crippen LogP contribution in [0.1, 0.15) is 22.2 Å². The number of aromatic amines is 1. The smallest absolute Gasteiger partial charge is 0.303 e. The first-order chi connectivity index (χ1) is 11.6. The molecule has 7 heteroatoms. The van der Waals surface area contributed by atoms with E-state index < -0.39 is 0 Å². The lowest BCUT2D eigenvalue weighted by Crippen LogP contribution is -2.23. The van der Waals surface area contributed by atoms with Crippen molar-refractivity contribution in [3.8, 4) is 0 Å². The van der Waals surface area contributed by atoms with Crippen LogP contribution in [0.25, 0.3) is 0 Å². The molecule has 2 N–H and O–H groups in total. The lowest BCUT2D eigenvalue weighted by atomic mass is 9.98. The second-order valence-electron chi connectivity index (χ2n) is 5.33. The largest absolute Gasteiger partial charge is 0.322 e. The molecule has 124 valence electrons. The monoisotopic (exact) mass is 347 g/mol. The number of aromatic nitrogens is 2. The normalized spacial score (nSPS) is 12.2. The Labute approximate surface area is 141 Å². The van der Waals surface area contributed by atoms with Crippen molar-refractivity contribution in [1.82, 2.24) is 15.5 Å². The molecule has 0 fully saturated rings. The minimum atomic E-state index is -0.331. The average molecular weight is 347 g/mol. The Morgan fingerprint density at radius 2 is 1.88 bits per heavy atom. The van der Waals surface area contributed by atoms with Gasteiger partial charge in [0.1, 0.15) is 16.6 Å². The standard InChI is InChI=1S/C17H15F2N3OS/c18-13-5-1-3-11(7-13)8-15(12-4-2-6-14(19)9-12)20-10-16-21-22-17(23)24-16/h1-7,9,15,20H,8,10H2,(H,22,23)/t15-/m0/s1. The Kier molecular flexibility index (Phi) is 5.12. The quantitative estimate of drug-likeness (QED) is 0.720. The second-order valence-corrected chi connectivity index (χ2v) is 6.38. The summed E-state index contributed by atoms with van der Waals surface area (Å²) in [5.41, 5.74) is 1.55. The number of nitrogens with one attached hydrogen (secondary N) is 2. The molecule has 0 radical (unpaired) electrons. The van der Waals surface area contributed by atoms with Crippen LogP contribution in [0, 0.1) is 11.6 Å². The van der Waals surface area contributed by atoms with Crippen LogP contribution in [-0.2, 0) is 13.0 Å². The third-order valence-corrected chi connectivity index (χ3v) is 4.31. The molecule has 1 heterocycles. The van der Waals surface area contributed by atoms with Gasteiger partial charge >= 0.3 is 4.87 Å². The molecule has 0 aliphatic heterocycles. The maximum Gasteiger partial charge on any atom is 0.322 e. The second kappa shape index (κ2) is 7.46. The van der Waals surface area contributed by atoms with Gasteiger partial charge in [0.05, 0.1) is 6.54 Å². The summed E-state index contributed by atoms with van der Waals surface area (Å²) in [6.07, 6.45) is 0.487. The third kappa shape index (κ3) is 4.33. The zero-order valence-corrected chi connectivity index (χ0v) is 13.4. The van der Waals surface area contributed by atoms with E-state index in [1.165, 1.54) is 24.3 Å². The van der Waals surface area contributed by atoms with Gasteiger partial charge in [-0.3, -0.25) is 4.79 Å². The van der Waals surface area contributed by atoms with E-state index in [4.69, 9.17) is 0 Å². The SMILES string of the molecule is O=c1[nH]nc(CN[C@@H](Cc2cccc(F)c2)c2cccc(F)c2)s1. The van der Waals surface area contributed by atoms with Gasteiger partial charge in [-0.2, -0.15) is 5.10 Å². The molecule has 4 nitrogen and oxygen atoms in total. The highest BCUT2D eigenvalue weighted by atomic mass is 32.1. The van der Waals surface area contributed by atoms with Crippen molar-refractivity contribution in [2.45, 2.75) is 19.0 Å². The summed E-state index contributed by atoms with van der Waals surface area (Å²) in [7, 11) is 0. The highest BCUT2D eigenvalue weighted by molar-refractivity contribution is 7.08. The van der Waals surface area contributed by atoms with Crippen LogP contribution >= 0.6 is 11.3 Å². The molecule has 0 bridgehead atoms. The molecule has 1 aromatic heterocycles. The number of H-pyrrole nitrogens is 1. The number of hydrogen-bond acceptors (Lipinski definition) is 4. The summed E-state index contributed by atoms with van der Waals surface area (Å²) < 4.78 is 27.0.